The van der Waals surface area contributed by atoms with Crippen LogP contribution in [0.3, 0.4) is 0 Å². The second kappa shape index (κ2) is 5.95. The van der Waals surface area contributed by atoms with E-state index in [0.717, 1.165) is 18.0 Å². The summed E-state index contributed by atoms with van der Waals surface area (Å²) in [5.41, 5.74) is 1.23. The van der Waals surface area contributed by atoms with E-state index in [0.29, 0.717) is 5.13 Å². The van der Waals surface area contributed by atoms with Gasteiger partial charge in [-0.1, -0.05) is 30.3 Å². The van der Waals surface area contributed by atoms with E-state index in [1.807, 2.05) is 25.1 Å². The number of aryl methyl sites for hydroxylation is 1. The number of likely N-dealkylation sites (tertiary alicyclic amines) is 1. The molecule has 2 atom stereocenters. The van der Waals surface area contributed by atoms with Crippen molar-refractivity contribution in [2.75, 3.05) is 25.5 Å². The summed E-state index contributed by atoms with van der Waals surface area (Å²) in [6.07, 6.45) is 1.79. The minimum atomic E-state index is -0.0263. The highest BCUT2D eigenvalue weighted by Gasteiger charge is 2.37. The minimum Gasteiger partial charge on any atom is -0.305 e. The van der Waals surface area contributed by atoms with Crippen molar-refractivity contribution in [3.05, 3.63) is 47.0 Å². The molecule has 2 unspecified atom stereocenters. The lowest BCUT2D eigenvalue weighted by atomic mass is 9.88. The van der Waals surface area contributed by atoms with Crippen molar-refractivity contribution in [3.63, 3.8) is 0 Å². The Bertz CT molecular complexity index is 625. The Hall–Kier alpha value is -1.72. The van der Waals surface area contributed by atoms with Crippen LogP contribution in [0.25, 0.3) is 0 Å². The van der Waals surface area contributed by atoms with E-state index in [1.165, 1.54) is 16.9 Å². The molecule has 1 aromatic carbocycles. The Morgan fingerprint density at radius 3 is 2.76 bits per heavy atom. The number of rotatable bonds is 3. The molecule has 2 heterocycles. The average molecular weight is 301 g/mol. The van der Waals surface area contributed by atoms with Gasteiger partial charge in [-0.15, -0.1) is 11.3 Å². The maximum Gasteiger partial charge on any atom is 0.231 e. The van der Waals surface area contributed by atoms with Crippen LogP contribution < -0.4 is 5.32 Å². The van der Waals surface area contributed by atoms with Gasteiger partial charge in [0.1, 0.15) is 0 Å². The molecule has 0 spiro atoms. The van der Waals surface area contributed by atoms with E-state index in [1.54, 1.807) is 6.20 Å². The van der Waals surface area contributed by atoms with E-state index in [9.17, 15) is 4.79 Å². The molecule has 0 aliphatic carbocycles. The zero-order chi connectivity index (χ0) is 14.8. The first-order chi connectivity index (χ1) is 10.1. The number of hydrogen-bond donors (Lipinski definition) is 1. The van der Waals surface area contributed by atoms with Gasteiger partial charge in [0.15, 0.2) is 5.13 Å². The highest BCUT2D eigenvalue weighted by atomic mass is 32.1. The van der Waals surface area contributed by atoms with Crippen LogP contribution in [-0.2, 0) is 4.79 Å². The number of likely N-dealkylation sites (N-methyl/N-ethyl adjacent to an activating group) is 1. The second-order valence-electron chi connectivity index (χ2n) is 5.61. The van der Waals surface area contributed by atoms with Gasteiger partial charge in [0, 0.05) is 30.1 Å². The Balaban J connectivity index is 1.77. The number of carbonyl (C=O) groups excluding carboxylic acids is 1. The SMILES string of the molecule is Cc1cnc(NC(=O)C2CN(C)CC2c2ccccc2)s1. The molecule has 1 N–H and O–H groups in total. The van der Waals surface area contributed by atoms with Gasteiger partial charge in [0.05, 0.1) is 5.92 Å². The van der Waals surface area contributed by atoms with Crippen LogP contribution in [0.4, 0.5) is 5.13 Å². The van der Waals surface area contributed by atoms with Gasteiger partial charge in [-0.2, -0.15) is 0 Å². The Morgan fingerprint density at radius 2 is 2.10 bits per heavy atom. The predicted octanol–water partition coefficient (Wildman–Crippen LogP) is 2.74. The van der Waals surface area contributed by atoms with Gasteiger partial charge < -0.3 is 10.2 Å². The third-order valence-corrected chi connectivity index (χ3v) is 4.75. The number of hydrogen-bond acceptors (Lipinski definition) is 4. The quantitative estimate of drug-likeness (QED) is 0.948. The van der Waals surface area contributed by atoms with Crippen molar-refractivity contribution in [3.8, 4) is 0 Å². The fourth-order valence-electron chi connectivity index (χ4n) is 2.91. The largest absolute Gasteiger partial charge is 0.305 e. The van der Waals surface area contributed by atoms with E-state index in [-0.39, 0.29) is 17.7 Å². The van der Waals surface area contributed by atoms with Crippen molar-refractivity contribution in [2.45, 2.75) is 12.8 Å². The van der Waals surface area contributed by atoms with Gasteiger partial charge in [0.25, 0.3) is 0 Å². The summed E-state index contributed by atoms with van der Waals surface area (Å²) in [6, 6.07) is 10.3. The summed E-state index contributed by atoms with van der Waals surface area (Å²) in [5.74, 6) is 0.293. The second-order valence-corrected chi connectivity index (χ2v) is 6.84. The lowest BCUT2D eigenvalue weighted by Gasteiger charge is -2.17. The van der Waals surface area contributed by atoms with Crippen LogP contribution in [0.1, 0.15) is 16.4 Å². The van der Waals surface area contributed by atoms with Gasteiger partial charge in [-0.3, -0.25) is 4.79 Å². The van der Waals surface area contributed by atoms with Gasteiger partial charge in [0.2, 0.25) is 5.91 Å². The van der Waals surface area contributed by atoms with E-state index in [2.05, 4.69) is 34.4 Å². The summed E-state index contributed by atoms with van der Waals surface area (Å²) in [7, 11) is 2.07. The molecule has 5 heteroatoms. The molecule has 1 saturated heterocycles. The van der Waals surface area contributed by atoms with Gasteiger partial charge in [-0.25, -0.2) is 4.98 Å². The van der Waals surface area contributed by atoms with Crippen LogP contribution in [-0.4, -0.2) is 35.9 Å². The summed E-state index contributed by atoms with van der Waals surface area (Å²) in [6.45, 7) is 3.69. The minimum absolute atomic E-state index is 0.0263. The molecular formula is C16H19N3OS. The third-order valence-electron chi connectivity index (χ3n) is 3.92. The fourth-order valence-corrected chi connectivity index (χ4v) is 3.58. The van der Waals surface area contributed by atoms with E-state index < -0.39 is 0 Å². The standard InChI is InChI=1S/C16H19N3OS/c1-11-8-17-16(21-11)18-15(20)14-10-19(2)9-13(14)12-6-4-3-5-7-12/h3-8,13-14H,9-10H2,1-2H3,(H,17,18,20). The molecule has 110 valence electrons. The van der Waals surface area contributed by atoms with Crippen molar-refractivity contribution < 1.29 is 4.79 Å². The molecule has 1 aromatic heterocycles. The van der Waals surface area contributed by atoms with Crippen molar-refractivity contribution in [2.24, 2.45) is 5.92 Å². The molecule has 1 aliphatic rings. The molecule has 0 radical (unpaired) electrons. The lowest BCUT2D eigenvalue weighted by Crippen LogP contribution is -2.28. The van der Waals surface area contributed by atoms with Crippen LogP contribution >= 0.6 is 11.3 Å². The third kappa shape index (κ3) is 3.14. The zero-order valence-corrected chi connectivity index (χ0v) is 13.1. The van der Waals surface area contributed by atoms with Crippen LogP contribution in [0.15, 0.2) is 36.5 Å². The molecule has 2 aromatic rings. The van der Waals surface area contributed by atoms with Crippen molar-refractivity contribution in [1.29, 1.82) is 0 Å². The van der Waals surface area contributed by atoms with Gasteiger partial charge >= 0.3 is 0 Å². The Labute approximate surface area is 128 Å². The zero-order valence-electron chi connectivity index (χ0n) is 12.2. The summed E-state index contributed by atoms with van der Waals surface area (Å²) in [4.78, 5) is 20.1. The van der Waals surface area contributed by atoms with Gasteiger partial charge in [-0.05, 0) is 19.5 Å². The maximum atomic E-state index is 12.6. The lowest BCUT2D eigenvalue weighted by molar-refractivity contribution is -0.119. The number of anilines is 1. The number of nitrogens with one attached hydrogen (secondary N) is 1. The number of thiazole rings is 1. The number of benzene rings is 1. The molecule has 4 nitrogen and oxygen atoms in total. The molecule has 1 aliphatic heterocycles. The summed E-state index contributed by atoms with van der Waals surface area (Å²) >= 11 is 1.52. The van der Waals surface area contributed by atoms with Crippen LogP contribution in [0.5, 0.6) is 0 Å². The molecule has 3 rings (SSSR count). The normalized spacial score (nSPS) is 22.4. The smallest absolute Gasteiger partial charge is 0.231 e. The molecule has 1 amide bonds. The molecule has 21 heavy (non-hydrogen) atoms. The average Bonchev–Trinajstić information content (AvgIpc) is 3.06. The fraction of sp³-hybridized carbons (Fsp3) is 0.375. The Kier molecular flexibility index (Phi) is 4.03. The molecule has 0 saturated carbocycles. The first kappa shape index (κ1) is 14.2. The maximum absolute atomic E-state index is 12.6. The van der Waals surface area contributed by atoms with Crippen molar-refractivity contribution in [1.82, 2.24) is 9.88 Å². The first-order valence-corrected chi connectivity index (χ1v) is 7.92. The number of nitrogens with zero attached hydrogens (tertiary/aromatic N) is 2. The topological polar surface area (TPSA) is 45.2 Å². The van der Waals surface area contributed by atoms with Crippen LogP contribution in [0, 0.1) is 12.8 Å². The summed E-state index contributed by atoms with van der Waals surface area (Å²) in [5, 5.41) is 3.66. The molecule has 0 bridgehead atoms. The van der Waals surface area contributed by atoms with E-state index in [4.69, 9.17) is 0 Å². The highest BCUT2D eigenvalue weighted by Crippen LogP contribution is 2.33. The monoisotopic (exact) mass is 301 g/mol. The first-order valence-electron chi connectivity index (χ1n) is 7.10. The number of aromatic nitrogens is 1. The summed E-state index contributed by atoms with van der Waals surface area (Å²) < 4.78 is 0. The van der Waals surface area contributed by atoms with Crippen LogP contribution in [0.2, 0.25) is 0 Å². The molecular weight excluding hydrogens is 282 g/mol. The number of amides is 1. The van der Waals surface area contributed by atoms with E-state index >= 15 is 0 Å². The Morgan fingerprint density at radius 1 is 1.33 bits per heavy atom. The number of carbonyl (C=O) groups is 1. The van der Waals surface area contributed by atoms with Crippen molar-refractivity contribution >= 4 is 22.4 Å². The molecule has 1 fully saturated rings. The predicted molar refractivity (Wildman–Crippen MR) is 85.7 cm³/mol. The highest BCUT2D eigenvalue weighted by molar-refractivity contribution is 7.15.